The van der Waals surface area contributed by atoms with Crippen LogP contribution in [-0.4, -0.2) is 26.6 Å². The number of amides is 1. The second-order valence-corrected chi connectivity index (χ2v) is 4.94. The van der Waals surface area contributed by atoms with E-state index in [0.29, 0.717) is 21.4 Å². The molecule has 0 aliphatic carbocycles. The van der Waals surface area contributed by atoms with Crippen molar-refractivity contribution in [1.82, 2.24) is 15.0 Å². The molecule has 1 aromatic carbocycles. The van der Waals surface area contributed by atoms with Gasteiger partial charge in [-0.2, -0.15) is 0 Å². The van der Waals surface area contributed by atoms with Gasteiger partial charge in [0.1, 0.15) is 22.7 Å². The molecule has 2 aromatic heterocycles. The zero-order valence-corrected chi connectivity index (χ0v) is 10.5. The number of halogens is 1. The largest absolute Gasteiger partial charge is 0.369 e. The quantitative estimate of drug-likeness (QED) is 0.564. The van der Waals surface area contributed by atoms with Crippen molar-refractivity contribution in [3.63, 3.8) is 0 Å². The number of aromatic nitrogens is 3. The van der Waals surface area contributed by atoms with Crippen LogP contribution >= 0.6 is 11.8 Å². The summed E-state index contributed by atoms with van der Waals surface area (Å²) in [5.74, 6) is -0.604. The number of carbonyl (C=O) groups excluding carboxylic acids is 1. The van der Waals surface area contributed by atoms with Crippen LogP contribution < -0.4 is 5.73 Å². The van der Waals surface area contributed by atoms with Crippen LogP contribution in [0, 0.1) is 5.82 Å². The van der Waals surface area contributed by atoms with Gasteiger partial charge in [-0.25, -0.2) is 14.4 Å². The van der Waals surface area contributed by atoms with Gasteiger partial charge in [0.2, 0.25) is 5.91 Å². The van der Waals surface area contributed by atoms with Crippen molar-refractivity contribution in [2.45, 2.75) is 5.03 Å². The number of nitrogens with two attached hydrogens (primary N) is 1. The minimum atomic E-state index is -0.418. The Morgan fingerprint density at radius 2 is 2.26 bits per heavy atom. The third-order valence-electron chi connectivity index (χ3n) is 2.66. The minimum Gasteiger partial charge on any atom is -0.369 e. The number of carbonyl (C=O) groups is 1. The fraction of sp³-hybridized carbons (Fsp3) is 0.0833. The van der Waals surface area contributed by atoms with Crippen LogP contribution in [0.4, 0.5) is 4.39 Å². The summed E-state index contributed by atoms with van der Waals surface area (Å²) in [6.45, 7) is 0. The van der Waals surface area contributed by atoms with E-state index in [9.17, 15) is 9.18 Å². The van der Waals surface area contributed by atoms with E-state index in [4.69, 9.17) is 5.73 Å². The van der Waals surface area contributed by atoms with Gasteiger partial charge >= 0.3 is 0 Å². The summed E-state index contributed by atoms with van der Waals surface area (Å²) >= 11 is 1.23. The van der Waals surface area contributed by atoms with Crippen LogP contribution in [0.15, 0.2) is 29.6 Å². The SMILES string of the molecule is NC(=O)CSc1ncnc2c1[nH]c1ccc(F)cc12. The average molecular weight is 276 g/mol. The molecule has 0 fully saturated rings. The highest BCUT2D eigenvalue weighted by Crippen LogP contribution is 2.29. The van der Waals surface area contributed by atoms with E-state index in [-0.39, 0.29) is 11.6 Å². The van der Waals surface area contributed by atoms with Gasteiger partial charge in [0.25, 0.3) is 0 Å². The van der Waals surface area contributed by atoms with Gasteiger partial charge in [0, 0.05) is 10.9 Å². The maximum absolute atomic E-state index is 13.3. The lowest BCUT2D eigenvalue weighted by Gasteiger charge is -1.98. The molecule has 0 radical (unpaired) electrons. The number of nitrogens with zero attached hydrogens (tertiary/aromatic N) is 2. The van der Waals surface area contributed by atoms with E-state index in [1.54, 1.807) is 6.07 Å². The van der Waals surface area contributed by atoms with Gasteiger partial charge in [-0.1, -0.05) is 11.8 Å². The van der Waals surface area contributed by atoms with Crippen LogP contribution in [0.1, 0.15) is 0 Å². The minimum absolute atomic E-state index is 0.135. The van der Waals surface area contributed by atoms with Crippen molar-refractivity contribution < 1.29 is 9.18 Å². The number of aromatic amines is 1. The van der Waals surface area contributed by atoms with Gasteiger partial charge in [0.15, 0.2) is 0 Å². The van der Waals surface area contributed by atoms with Gasteiger partial charge in [-0.15, -0.1) is 0 Å². The molecule has 0 aliphatic heterocycles. The maximum atomic E-state index is 13.3. The second-order valence-electron chi connectivity index (χ2n) is 3.97. The molecule has 5 nitrogen and oxygen atoms in total. The average Bonchev–Trinajstić information content (AvgIpc) is 2.75. The molecule has 19 heavy (non-hydrogen) atoms. The lowest BCUT2D eigenvalue weighted by Crippen LogP contribution is -2.13. The van der Waals surface area contributed by atoms with E-state index >= 15 is 0 Å². The number of H-pyrrole nitrogens is 1. The maximum Gasteiger partial charge on any atom is 0.227 e. The molecule has 3 rings (SSSR count). The molecule has 0 bridgehead atoms. The Morgan fingerprint density at radius 1 is 1.42 bits per heavy atom. The van der Waals surface area contributed by atoms with Crippen molar-refractivity contribution >= 4 is 39.6 Å². The van der Waals surface area contributed by atoms with Crippen LogP contribution in [0.5, 0.6) is 0 Å². The normalized spacial score (nSPS) is 11.2. The van der Waals surface area contributed by atoms with Crippen LogP contribution in [0.2, 0.25) is 0 Å². The zero-order chi connectivity index (χ0) is 13.4. The number of hydrogen-bond acceptors (Lipinski definition) is 4. The third-order valence-corrected chi connectivity index (χ3v) is 3.67. The van der Waals surface area contributed by atoms with E-state index in [1.807, 2.05) is 0 Å². The Labute approximate surface area is 111 Å². The summed E-state index contributed by atoms with van der Waals surface area (Å²) in [5.41, 5.74) is 7.22. The monoisotopic (exact) mass is 276 g/mol. The summed E-state index contributed by atoms with van der Waals surface area (Å²) < 4.78 is 13.3. The Kier molecular flexibility index (Phi) is 2.83. The molecule has 0 aliphatic rings. The Bertz CT molecular complexity index is 786. The summed E-state index contributed by atoms with van der Waals surface area (Å²) in [7, 11) is 0. The van der Waals surface area contributed by atoms with E-state index in [1.165, 1.54) is 30.2 Å². The summed E-state index contributed by atoms with van der Waals surface area (Å²) in [6, 6.07) is 4.44. The molecule has 0 unspecified atom stereocenters. The first-order chi connectivity index (χ1) is 9.15. The Hall–Kier alpha value is -2.15. The molecular weight excluding hydrogens is 267 g/mol. The molecule has 0 spiro atoms. The zero-order valence-electron chi connectivity index (χ0n) is 9.68. The molecule has 3 N–H and O–H groups in total. The van der Waals surface area contributed by atoms with Crippen molar-refractivity contribution in [1.29, 1.82) is 0 Å². The first kappa shape index (κ1) is 11.9. The molecule has 7 heteroatoms. The van der Waals surface area contributed by atoms with E-state index < -0.39 is 5.91 Å². The molecule has 0 saturated carbocycles. The summed E-state index contributed by atoms with van der Waals surface area (Å²) in [5, 5.41) is 1.32. The van der Waals surface area contributed by atoms with Crippen molar-refractivity contribution in [2.75, 3.05) is 5.75 Å². The van der Waals surface area contributed by atoms with Gasteiger partial charge in [0.05, 0.1) is 11.3 Å². The lowest BCUT2D eigenvalue weighted by molar-refractivity contribution is -0.115. The fourth-order valence-corrected chi connectivity index (χ4v) is 2.58. The van der Waals surface area contributed by atoms with E-state index in [0.717, 1.165) is 5.52 Å². The number of benzene rings is 1. The van der Waals surface area contributed by atoms with Crippen LogP contribution in [-0.2, 0) is 4.79 Å². The fourth-order valence-electron chi connectivity index (χ4n) is 1.89. The second kappa shape index (κ2) is 4.51. The standard InChI is InChI=1S/C12H9FN4OS/c13-6-1-2-8-7(3-6)10-11(17-8)12(16-5-15-10)19-4-9(14)18/h1-3,5,17H,4H2,(H2,14,18). The number of thioether (sulfide) groups is 1. The van der Waals surface area contributed by atoms with Gasteiger partial charge < -0.3 is 10.7 Å². The number of fused-ring (bicyclic) bond motifs is 3. The summed E-state index contributed by atoms with van der Waals surface area (Å²) in [6.07, 6.45) is 1.39. The highest BCUT2D eigenvalue weighted by Gasteiger charge is 2.12. The molecule has 3 aromatic rings. The molecule has 2 heterocycles. The number of primary amides is 1. The first-order valence-corrected chi connectivity index (χ1v) is 6.47. The predicted octanol–water partition coefficient (Wildman–Crippen LogP) is 1.83. The first-order valence-electron chi connectivity index (χ1n) is 5.48. The highest BCUT2D eigenvalue weighted by molar-refractivity contribution is 8.00. The topological polar surface area (TPSA) is 84.7 Å². The smallest absolute Gasteiger partial charge is 0.227 e. The predicted molar refractivity (Wildman–Crippen MR) is 71.3 cm³/mol. The third kappa shape index (κ3) is 2.12. The Balaban J connectivity index is 2.19. The lowest BCUT2D eigenvalue weighted by atomic mass is 10.2. The van der Waals surface area contributed by atoms with Crippen molar-refractivity contribution in [2.24, 2.45) is 5.73 Å². The molecular formula is C12H9FN4OS. The van der Waals surface area contributed by atoms with E-state index in [2.05, 4.69) is 15.0 Å². The molecule has 0 saturated heterocycles. The highest BCUT2D eigenvalue weighted by atomic mass is 32.2. The van der Waals surface area contributed by atoms with Gasteiger partial charge in [-0.3, -0.25) is 4.79 Å². The van der Waals surface area contributed by atoms with Crippen LogP contribution in [0.3, 0.4) is 0 Å². The van der Waals surface area contributed by atoms with Crippen molar-refractivity contribution in [3.05, 3.63) is 30.3 Å². The number of hydrogen-bond donors (Lipinski definition) is 2. The van der Waals surface area contributed by atoms with Gasteiger partial charge in [-0.05, 0) is 18.2 Å². The summed E-state index contributed by atoms with van der Waals surface area (Å²) in [4.78, 5) is 22.2. The number of nitrogens with one attached hydrogen (secondary N) is 1. The molecule has 96 valence electrons. The van der Waals surface area contributed by atoms with Crippen molar-refractivity contribution in [3.8, 4) is 0 Å². The molecule has 1 amide bonds. The van der Waals surface area contributed by atoms with Crippen LogP contribution in [0.25, 0.3) is 21.9 Å². The number of rotatable bonds is 3. The molecule has 0 atom stereocenters. The Morgan fingerprint density at radius 3 is 3.05 bits per heavy atom.